The van der Waals surface area contributed by atoms with E-state index in [-0.39, 0.29) is 43.8 Å². The third kappa shape index (κ3) is 5.82. The van der Waals surface area contributed by atoms with Gasteiger partial charge in [0.15, 0.2) is 0 Å². The molecule has 0 radical (unpaired) electrons. The van der Waals surface area contributed by atoms with Crippen molar-refractivity contribution in [1.29, 1.82) is 0 Å². The molecule has 42 heavy (non-hydrogen) atoms. The topological polar surface area (TPSA) is 145 Å². The molecule has 3 N–H and O–H groups in total. The molecule has 2 fully saturated rings. The molecular weight excluding hydrogens is 578 g/mol. The maximum atomic E-state index is 13.6. The van der Waals surface area contributed by atoms with Crippen molar-refractivity contribution >= 4 is 50.0 Å². The Hall–Kier alpha value is -3.29. The van der Waals surface area contributed by atoms with Crippen molar-refractivity contribution in [2.75, 3.05) is 18.4 Å². The molecule has 2 aromatic rings. The summed E-state index contributed by atoms with van der Waals surface area (Å²) in [6.45, 7) is 10.5. The molecular formula is C29H37N5O6S2. The second-order valence-corrected chi connectivity index (χ2v) is 15.8. The van der Waals surface area contributed by atoms with Gasteiger partial charge in [0.05, 0.1) is 17.0 Å². The number of carbonyl (C=O) groups excluding carboxylic acids is 4. The van der Waals surface area contributed by atoms with Gasteiger partial charge in [0.2, 0.25) is 21.8 Å². The van der Waals surface area contributed by atoms with Crippen LogP contribution in [0, 0.1) is 10.8 Å². The zero-order chi connectivity index (χ0) is 30.6. The van der Waals surface area contributed by atoms with Crippen LogP contribution < -0.4 is 16.2 Å². The van der Waals surface area contributed by atoms with E-state index in [1.165, 1.54) is 49.4 Å². The fraction of sp³-hybridized carbons (Fsp3) is 0.517. The van der Waals surface area contributed by atoms with Crippen molar-refractivity contribution in [3.8, 4) is 0 Å². The van der Waals surface area contributed by atoms with Crippen LogP contribution in [-0.2, 0) is 32.6 Å². The van der Waals surface area contributed by atoms with Crippen molar-refractivity contribution in [2.45, 2.75) is 77.8 Å². The van der Waals surface area contributed by atoms with Crippen molar-refractivity contribution in [1.82, 2.24) is 20.1 Å². The molecule has 0 spiro atoms. The molecule has 4 amide bonds. The smallest absolute Gasteiger partial charge is 0.272 e. The number of carbonyl (C=O) groups is 4. The molecule has 226 valence electrons. The second kappa shape index (κ2) is 10.8. The first-order chi connectivity index (χ1) is 19.6. The van der Waals surface area contributed by atoms with Crippen LogP contribution in [0.5, 0.6) is 0 Å². The van der Waals surface area contributed by atoms with Gasteiger partial charge in [0.1, 0.15) is 5.00 Å². The van der Waals surface area contributed by atoms with Gasteiger partial charge in [-0.25, -0.2) is 8.42 Å². The standard InChI is InChI=1S/C29H37N5O6S2/c1-17(35)31-32-26(38)24-22-10-11-33(18(2)36)14-23(22)41-27(24)30-25(37)19-6-8-21(9-7-19)42(39,40)34-16-29(5)13-20(34)12-28(3,4)15-29/h6-9,20H,10-16H2,1-5H3,(H,30,37)(H,31,35)(H,32,38). The molecule has 1 aliphatic carbocycles. The van der Waals surface area contributed by atoms with Gasteiger partial charge in [-0.3, -0.25) is 30.0 Å². The van der Waals surface area contributed by atoms with E-state index in [1.54, 1.807) is 9.21 Å². The zero-order valence-corrected chi connectivity index (χ0v) is 26.1. The Kier molecular flexibility index (Phi) is 7.73. The molecule has 5 rings (SSSR count). The van der Waals surface area contributed by atoms with Gasteiger partial charge in [-0.1, -0.05) is 20.8 Å². The Labute approximate surface area is 250 Å². The van der Waals surface area contributed by atoms with Crippen molar-refractivity contribution in [3.05, 3.63) is 45.8 Å². The van der Waals surface area contributed by atoms with Gasteiger partial charge in [-0.05, 0) is 66.3 Å². The van der Waals surface area contributed by atoms with Crippen molar-refractivity contribution < 1.29 is 27.6 Å². The number of amides is 4. The number of anilines is 1. The van der Waals surface area contributed by atoms with Gasteiger partial charge in [0, 0.05) is 43.4 Å². The van der Waals surface area contributed by atoms with E-state index in [2.05, 4.69) is 36.9 Å². The summed E-state index contributed by atoms with van der Waals surface area (Å²) in [6.07, 6.45) is 3.06. The Bertz CT molecular complexity index is 1570. The highest BCUT2D eigenvalue weighted by Crippen LogP contribution is 2.53. The number of fused-ring (bicyclic) bond motifs is 3. The highest BCUT2D eigenvalue weighted by Gasteiger charge is 2.53. The molecule has 2 aliphatic heterocycles. The number of benzene rings is 1. The number of nitrogens with zero attached hydrogens (tertiary/aromatic N) is 2. The summed E-state index contributed by atoms with van der Waals surface area (Å²) in [4.78, 5) is 52.2. The van der Waals surface area contributed by atoms with Crippen LogP contribution in [0.15, 0.2) is 29.2 Å². The lowest BCUT2D eigenvalue weighted by Crippen LogP contribution is -2.41. The molecule has 2 atom stereocenters. The average molecular weight is 616 g/mol. The first-order valence-electron chi connectivity index (χ1n) is 14.0. The minimum absolute atomic E-state index is 0.0439. The summed E-state index contributed by atoms with van der Waals surface area (Å²) in [5, 5.41) is 3.08. The molecule has 13 heteroatoms. The highest BCUT2D eigenvalue weighted by atomic mass is 32.2. The molecule has 11 nitrogen and oxygen atoms in total. The van der Waals surface area contributed by atoms with Crippen molar-refractivity contribution in [2.24, 2.45) is 10.8 Å². The van der Waals surface area contributed by atoms with Gasteiger partial charge < -0.3 is 10.2 Å². The Morgan fingerprint density at radius 2 is 1.67 bits per heavy atom. The summed E-state index contributed by atoms with van der Waals surface area (Å²) < 4.78 is 28.9. The summed E-state index contributed by atoms with van der Waals surface area (Å²) >= 11 is 1.20. The monoisotopic (exact) mass is 615 g/mol. The SMILES string of the molecule is CC(=O)NNC(=O)c1c(NC(=O)c2ccc(S(=O)(=O)N3CC4(C)CC3CC(C)(C)C4)cc2)sc2c1CCN(C(C)=O)C2. The predicted octanol–water partition coefficient (Wildman–Crippen LogP) is 3.28. The normalized spacial score (nSPS) is 23.2. The minimum Gasteiger partial charge on any atom is -0.337 e. The number of sulfonamides is 1. The van der Waals surface area contributed by atoms with E-state index in [9.17, 15) is 27.6 Å². The lowest BCUT2D eigenvalue weighted by molar-refractivity contribution is -0.129. The summed E-state index contributed by atoms with van der Waals surface area (Å²) in [5.74, 6) is -1.63. The molecule has 2 unspecified atom stereocenters. The van der Waals surface area contributed by atoms with Crippen LogP contribution in [0.1, 0.15) is 85.0 Å². The molecule has 1 aromatic carbocycles. The molecule has 2 bridgehead atoms. The van der Waals surface area contributed by atoms with E-state index < -0.39 is 27.7 Å². The van der Waals surface area contributed by atoms with Crippen LogP contribution in [-0.4, -0.2) is 60.4 Å². The largest absolute Gasteiger partial charge is 0.337 e. The molecule has 1 saturated carbocycles. The zero-order valence-electron chi connectivity index (χ0n) is 24.5. The summed E-state index contributed by atoms with van der Waals surface area (Å²) in [7, 11) is -3.74. The number of hydrazine groups is 1. The Morgan fingerprint density at radius 1 is 0.976 bits per heavy atom. The first-order valence-corrected chi connectivity index (χ1v) is 16.2. The van der Waals surface area contributed by atoms with Crippen LogP contribution >= 0.6 is 11.3 Å². The van der Waals surface area contributed by atoms with E-state index in [0.717, 1.165) is 24.1 Å². The number of rotatable bonds is 5. The number of thiophene rings is 1. The average Bonchev–Trinajstić information content (AvgIpc) is 3.39. The maximum Gasteiger partial charge on any atom is 0.272 e. The fourth-order valence-corrected chi connectivity index (χ4v) is 10.0. The van der Waals surface area contributed by atoms with Gasteiger partial charge >= 0.3 is 0 Å². The van der Waals surface area contributed by atoms with E-state index in [0.29, 0.717) is 31.6 Å². The minimum atomic E-state index is -3.74. The molecule has 1 saturated heterocycles. The summed E-state index contributed by atoms with van der Waals surface area (Å²) in [5.41, 5.74) is 5.83. The lowest BCUT2D eigenvalue weighted by Gasteiger charge is -2.39. The number of hydrogen-bond donors (Lipinski definition) is 3. The third-order valence-corrected chi connectivity index (χ3v) is 11.4. The first kappa shape index (κ1) is 30.2. The van der Waals surface area contributed by atoms with Crippen LogP contribution in [0.2, 0.25) is 0 Å². The summed E-state index contributed by atoms with van der Waals surface area (Å²) in [6, 6.07) is 5.80. The second-order valence-electron chi connectivity index (χ2n) is 12.8. The lowest BCUT2D eigenvalue weighted by atomic mass is 9.65. The maximum absolute atomic E-state index is 13.6. The van der Waals surface area contributed by atoms with E-state index in [4.69, 9.17) is 0 Å². The van der Waals surface area contributed by atoms with Crippen LogP contribution in [0.25, 0.3) is 0 Å². The fourth-order valence-electron chi connectivity index (χ4n) is 6.99. The molecule has 3 aliphatic rings. The van der Waals surface area contributed by atoms with Gasteiger partial charge in [-0.2, -0.15) is 4.31 Å². The molecule has 3 heterocycles. The number of hydrogen-bond acceptors (Lipinski definition) is 7. The van der Waals surface area contributed by atoms with Crippen LogP contribution in [0.4, 0.5) is 5.00 Å². The van der Waals surface area contributed by atoms with Gasteiger partial charge in [0.25, 0.3) is 11.8 Å². The van der Waals surface area contributed by atoms with Crippen LogP contribution in [0.3, 0.4) is 0 Å². The number of nitrogens with one attached hydrogen (secondary N) is 3. The van der Waals surface area contributed by atoms with E-state index >= 15 is 0 Å². The van der Waals surface area contributed by atoms with E-state index in [1.807, 2.05) is 0 Å². The molecule has 1 aromatic heterocycles. The Morgan fingerprint density at radius 3 is 2.31 bits per heavy atom. The quantitative estimate of drug-likeness (QED) is 0.441. The Balaban J connectivity index is 1.37. The predicted molar refractivity (Wildman–Crippen MR) is 158 cm³/mol. The third-order valence-electron chi connectivity index (χ3n) is 8.40. The van der Waals surface area contributed by atoms with Crippen molar-refractivity contribution in [3.63, 3.8) is 0 Å². The highest BCUT2D eigenvalue weighted by molar-refractivity contribution is 7.89. The van der Waals surface area contributed by atoms with Gasteiger partial charge in [-0.15, -0.1) is 11.3 Å².